The molecule has 1 aliphatic rings. The Morgan fingerprint density at radius 3 is 2.67 bits per heavy atom. The number of rotatable bonds is 6. The maximum Gasteiger partial charge on any atom is 0.341 e. The molecule has 3 aromatic rings. The van der Waals surface area contributed by atoms with Gasteiger partial charge in [0.05, 0.1) is 11.0 Å². The van der Waals surface area contributed by atoms with Crippen molar-refractivity contribution in [2.45, 2.75) is 18.3 Å². The van der Waals surface area contributed by atoms with Crippen molar-refractivity contribution in [1.82, 2.24) is 15.5 Å². The van der Waals surface area contributed by atoms with E-state index in [0.717, 1.165) is 36.0 Å². The summed E-state index contributed by atoms with van der Waals surface area (Å²) in [6, 6.07) is 11.5. The number of halogens is 2. The second-order valence-corrected chi connectivity index (χ2v) is 8.00. The minimum atomic E-state index is -1.08. The highest BCUT2D eigenvalue weighted by Gasteiger charge is 2.40. The van der Waals surface area contributed by atoms with Gasteiger partial charge in [-0.2, -0.15) is 4.98 Å². The van der Waals surface area contributed by atoms with Crippen LogP contribution in [0, 0.1) is 5.82 Å². The third-order valence-electron chi connectivity index (χ3n) is 5.23. The number of ether oxygens (including phenoxy) is 1. The summed E-state index contributed by atoms with van der Waals surface area (Å²) in [6.07, 6.45) is 1.47. The molecule has 0 spiro atoms. The molecular formula is C21H19BrFN3O4. The third kappa shape index (κ3) is 4.08. The Balaban J connectivity index is 1.74. The molecule has 30 heavy (non-hydrogen) atoms. The van der Waals surface area contributed by atoms with Gasteiger partial charge in [0.25, 0.3) is 5.89 Å². The Hall–Kier alpha value is -2.78. The summed E-state index contributed by atoms with van der Waals surface area (Å²) in [5.74, 6) is -0.315. The molecule has 0 aliphatic carbocycles. The van der Waals surface area contributed by atoms with Gasteiger partial charge in [-0.1, -0.05) is 33.2 Å². The summed E-state index contributed by atoms with van der Waals surface area (Å²) in [4.78, 5) is 15.6. The number of hydrogen-bond donors (Lipinski definition) is 2. The average molecular weight is 476 g/mol. The van der Waals surface area contributed by atoms with Crippen molar-refractivity contribution >= 4 is 21.9 Å². The summed E-state index contributed by atoms with van der Waals surface area (Å²) < 4.78 is 25.2. The molecule has 1 aliphatic heterocycles. The van der Waals surface area contributed by atoms with E-state index in [2.05, 4.69) is 31.4 Å². The third-order valence-corrected chi connectivity index (χ3v) is 5.72. The Labute approximate surface area is 180 Å². The van der Waals surface area contributed by atoms with Gasteiger partial charge >= 0.3 is 5.97 Å². The maximum atomic E-state index is 13.5. The monoisotopic (exact) mass is 475 g/mol. The minimum Gasteiger partial charge on any atom is -0.481 e. The van der Waals surface area contributed by atoms with Gasteiger partial charge in [0, 0.05) is 4.47 Å². The number of benzene rings is 2. The lowest BCUT2D eigenvalue weighted by atomic mass is 9.72. The fourth-order valence-electron chi connectivity index (χ4n) is 3.73. The van der Waals surface area contributed by atoms with Crippen LogP contribution in [-0.2, 0) is 10.2 Å². The number of nitrogens with one attached hydrogen (secondary N) is 1. The average Bonchev–Trinajstić information content (AvgIpc) is 3.24. The molecule has 9 heteroatoms. The topological polar surface area (TPSA) is 97.5 Å². The Bertz CT molecular complexity index is 1050. The minimum absolute atomic E-state index is 0.228. The van der Waals surface area contributed by atoms with Crippen LogP contribution in [0.4, 0.5) is 4.39 Å². The lowest BCUT2D eigenvalue weighted by molar-refractivity contribution is -0.139. The molecular weight excluding hydrogens is 457 g/mol. The van der Waals surface area contributed by atoms with E-state index < -0.39 is 18.0 Å². The molecule has 0 bridgehead atoms. The normalized spacial score (nSPS) is 15.7. The second kappa shape index (κ2) is 8.53. The van der Waals surface area contributed by atoms with Crippen LogP contribution in [0.5, 0.6) is 5.75 Å². The van der Waals surface area contributed by atoms with Gasteiger partial charge in [0.1, 0.15) is 11.6 Å². The van der Waals surface area contributed by atoms with Crippen LogP contribution in [0.15, 0.2) is 51.5 Å². The highest BCUT2D eigenvalue weighted by Crippen LogP contribution is 2.40. The number of hydrogen-bond acceptors (Lipinski definition) is 6. The molecule has 1 saturated heterocycles. The van der Waals surface area contributed by atoms with Crippen molar-refractivity contribution in [3.63, 3.8) is 0 Å². The summed E-state index contributed by atoms with van der Waals surface area (Å²) in [5, 5.41) is 16.5. The number of carbonyl (C=O) groups is 1. The van der Waals surface area contributed by atoms with Gasteiger partial charge in [0.15, 0.2) is 12.4 Å². The van der Waals surface area contributed by atoms with Crippen LogP contribution in [0.25, 0.3) is 11.5 Å². The number of aromatic nitrogens is 2. The highest BCUT2D eigenvalue weighted by molar-refractivity contribution is 9.10. The van der Waals surface area contributed by atoms with Gasteiger partial charge in [-0.05, 0) is 61.8 Å². The molecule has 2 N–H and O–H groups in total. The van der Waals surface area contributed by atoms with Gasteiger partial charge in [0.2, 0.25) is 0 Å². The molecule has 7 nitrogen and oxygen atoms in total. The summed E-state index contributed by atoms with van der Waals surface area (Å²) in [7, 11) is 0. The van der Waals surface area contributed by atoms with Crippen molar-refractivity contribution in [2.75, 3.05) is 19.7 Å². The Kier molecular flexibility index (Phi) is 5.83. The van der Waals surface area contributed by atoms with Crippen LogP contribution in [0.2, 0.25) is 0 Å². The van der Waals surface area contributed by atoms with Crippen molar-refractivity contribution < 1.29 is 23.6 Å². The zero-order chi connectivity index (χ0) is 21.1. The number of carboxylic acids is 1. The second-order valence-electron chi connectivity index (χ2n) is 7.09. The van der Waals surface area contributed by atoms with E-state index in [1.807, 2.05) is 0 Å². The lowest BCUT2D eigenvalue weighted by Crippen LogP contribution is -2.41. The first-order chi connectivity index (χ1) is 14.5. The fourth-order valence-corrected chi connectivity index (χ4v) is 4.09. The number of aliphatic carboxylic acids is 1. The van der Waals surface area contributed by atoms with E-state index in [0.29, 0.717) is 17.1 Å². The predicted octanol–water partition coefficient (Wildman–Crippen LogP) is 3.77. The van der Waals surface area contributed by atoms with Crippen molar-refractivity contribution in [3.05, 3.63) is 64.1 Å². The van der Waals surface area contributed by atoms with E-state index in [1.54, 1.807) is 30.3 Å². The molecule has 156 valence electrons. The summed E-state index contributed by atoms with van der Waals surface area (Å²) in [5.41, 5.74) is 0.913. The van der Waals surface area contributed by atoms with Gasteiger partial charge < -0.3 is 19.7 Å². The Morgan fingerprint density at radius 2 is 1.97 bits per heavy atom. The van der Waals surface area contributed by atoms with Crippen LogP contribution in [0.3, 0.4) is 0 Å². The van der Waals surface area contributed by atoms with Crippen LogP contribution in [-0.4, -0.2) is 40.9 Å². The summed E-state index contributed by atoms with van der Waals surface area (Å²) >= 11 is 3.41. The lowest BCUT2D eigenvalue weighted by Gasteiger charge is -2.35. The summed E-state index contributed by atoms with van der Waals surface area (Å²) in [6.45, 7) is 1.05. The SMILES string of the molecule is O=C(O)COc1ccc(Br)cc1-c1nc(C2(c3ccc(F)cc3)CCNCC2)no1. The quantitative estimate of drug-likeness (QED) is 0.559. The molecule has 0 unspecified atom stereocenters. The first-order valence-electron chi connectivity index (χ1n) is 9.43. The van der Waals surface area contributed by atoms with Gasteiger partial charge in [-0.15, -0.1) is 0 Å². The van der Waals surface area contributed by atoms with Crippen molar-refractivity contribution in [1.29, 1.82) is 0 Å². The first kappa shape index (κ1) is 20.5. The van der Waals surface area contributed by atoms with E-state index in [-0.39, 0.29) is 11.7 Å². The zero-order valence-electron chi connectivity index (χ0n) is 15.9. The van der Waals surface area contributed by atoms with Crippen LogP contribution < -0.4 is 10.1 Å². The Morgan fingerprint density at radius 1 is 1.23 bits per heavy atom. The smallest absolute Gasteiger partial charge is 0.341 e. The molecule has 4 rings (SSSR count). The van der Waals surface area contributed by atoms with E-state index in [4.69, 9.17) is 14.4 Å². The molecule has 0 saturated carbocycles. The zero-order valence-corrected chi connectivity index (χ0v) is 17.5. The van der Waals surface area contributed by atoms with Crippen LogP contribution >= 0.6 is 15.9 Å². The van der Waals surface area contributed by atoms with Crippen LogP contribution in [0.1, 0.15) is 24.2 Å². The van der Waals surface area contributed by atoms with Gasteiger partial charge in [-0.25, -0.2) is 9.18 Å². The largest absolute Gasteiger partial charge is 0.481 e. The van der Waals surface area contributed by atoms with Gasteiger partial charge in [-0.3, -0.25) is 0 Å². The fraction of sp³-hybridized carbons (Fsp3) is 0.286. The molecule has 2 aromatic carbocycles. The number of carboxylic acid groups (broad SMARTS) is 1. The molecule has 0 amide bonds. The molecule has 0 atom stereocenters. The first-order valence-corrected chi connectivity index (χ1v) is 10.2. The van der Waals surface area contributed by atoms with E-state index >= 15 is 0 Å². The molecule has 1 fully saturated rings. The van der Waals surface area contributed by atoms with E-state index in [1.165, 1.54) is 12.1 Å². The van der Waals surface area contributed by atoms with Crippen molar-refractivity contribution in [3.8, 4) is 17.2 Å². The number of piperidine rings is 1. The molecule has 2 heterocycles. The van der Waals surface area contributed by atoms with Crippen molar-refractivity contribution in [2.24, 2.45) is 0 Å². The standard InChI is InChI=1S/C21H19BrFN3O4/c22-14-3-6-17(29-12-18(27)28)16(11-14)19-25-20(26-30-19)21(7-9-24-10-8-21)13-1-4-15(23)5-2-13/h1-6,11,24H,7-10,12H2,(H,27,28). The van der Waals surface area contributed by atoms with E-state index in [9.17, 15) is 9.18 Å². The molecule has 0 radical (unpaired) electrons. The molecule has 1 aromatic heterocycles. The number of nitrogens with zero attached hydrogens (tertiary/aromatic N) is 2. The maximum absolute atomic E-state index is 13.5. The highest BCUT2D eigenvalue weighted by atomic mass is 79.9. The predicted molar refractivity (Wildman–Crippen MR) is 110 cm³/mol.